The maximum atomic E-state index is 12.0. The van der Waals surface area contributed by atoms with Gasteiger partial charge in [-0.15, -0.1) is 0 Å². The zero-order chi connectivity index (χ0) is 13.7. The first-order chi connectivity index (χ1) is 8.43. The van der Waals surface area contributed by atoms with Crippen molar-refractivity contribution in [1.82, 2.24) is 4.90 Å². The van der Waals surface area contributed by atoms with Gasteiger partial charge in [-0.05, 0) is 48.1 Å². The third-order valence-electron chi connectivity index (χ3n) is 2.46. The summed E-state index contributed by atoms with van der Waals surface area (Å²) in [6.07, 6.45) is -0.439. The smallest absolute Gasteiger partial charge is 0.176 e. The third-order valence-corrected chi connectivity index (χ3v) is 3.08. The van der Waals surface area contributed by atoms with Gasteiger partial charge in [0.15, 0.2) is 5.78 Å². The van der Waals surface area contributed by atoms with E-state index in [4.69, 9.17) is 4.74 Å². The molecule has 1 aromatic carbocycles. The van der Waals surface area contributed by atoms with Gasteiger partial charge in [0.2, 0.25) is 0 Å². The van der Waals surface area contributed by atoms with Crippen LogP contribution in [0, 0.1) is 0 Å². The number of Topliss-reactive ketones (excluding diaryl/α,β-unsaturated/α-hetero) is 1. The molecule has 0 fully saturated rings. The monoisotopic (exact) mass is 315 g/mol. The number of aliphatic hydroxyl groups is 1. The van der Waals surface area contributed by atoms with Gasteiger partial charge in [-0.25, -0.2) is 0 Å². The van der Waals surface area contributed by atoms with Crippen LogP contribution in [0.2, 0.25) is 0 Å². The number of methoxy groups -OCH3 is 1. The van der Waals surface area contributed by atoms with Gasteiger partial charge in [0.1, 0.15) is 5.75 Å². The number of nitrogens with zero attached hydrogens (tertiary/aromatic N) is 1. The summed E-state index contributed by atoms with van der Waals surface area (Å²) >= 11 is 3.35. The molecule has 1 aromatic rings. The Bertz CT molecular complexity index is 421. The molecule has 1 unspecified atom stereocenters. The first-order valence-electron chi connectivity index (χ1n) is 5.67. The number of carbonyl (C=O) groups excluding carboxylic acids is 1. The van der Waals surface area contributed by atoms with Crippen LogP contribution in [-0.2, 0) is 0 Å². The van der Waals surface area contributed by atoms with Crippen LogP contribution in [0.15, 0.2) is 22.7 Å². The summed E-state index contributed by atoms with van der Waals surface area (Å²) in [4.78, 5) is 13.8. The molecule has 0 aliphatic heterocycles. The van der Waals surface area contributed by atoms with Crippen molar-refractivity contribution in [2.24, 2.45) is 0 Å². The van der Waals surface area contributed by atoms with E-state index in [1.807, 2.05) is 7.05 Å². The minimum absolute atomic E-state index is 0.0153. The number of likely N-dealkylation sites (N-methyl/N-ethyl adjacent to an activating group) is 1. The summed E-state index contributed by atoms with van der Waals surface area (Å²) in [6.45, 7) is 2.46. The van der Waals surface area contributed by atoms with Crippen molar-refractivity contribution in [3.05, 3.63) is 28.2 Å². The normalized spacial score (nSPS) is 12.6. The van der Waals surface area contributed by atoms with Gasteiger partial charge in [0.05, 0.1) is 24.2 Å². The summed E-state index contributed by atoms with van der Waals surface area (Å²) in [7, 11) is 3.39. The molecule has 0 bridgehead atoms. The van der Waals surface area contributed by atoms with Crippen molar-refractivity contribution in [2.45, 2.75) is 13.0 Å². The standard InChI is InChI=1S/C13H18BrNO3/c1-9(16)7-15(2)8-12(17)10-4-5-13(18-3)11(14)6-10/h4-6,9,16H,7-8H2,1-3H3. The first kappa shape index (κ1) is 15.1. The average Bonchev–Trinajstić information content (AvgIpc) is 2.27. The zero-order valence-electron chi connectivity index (χ0n) is 10.8. The lowest BCUT2D eigenvalue weighted by Crippen LogP contribution is -2.32. The molecule has 0 radical (unpaired) electrons. The Morgan fingerprint density at radius 3 is 2.72 bits per heavy atom. The molecule has 0 aliphatic carbocycles. The molecule has 0 heterocycles. The van der Waals surface area contributed by atoms with Gasteiger partial charge in [-0.3, -0.25) is 9.69 Å². The molecule has 5 heteroatoms. The van der Waals surface area contributed by atoms with E-state index in [9.17, 15) is 9.90 Å². The minimum atomic E-state index is -0.439. The van der Waals surface area contributed by atoms with Crippen molar-refractivity contribution >= 4 is 21.7 Å². The van der Waals surface area contributed by atoms with Crippen LogP contribution in [-0.4, -0.2) is 49.1 Å². The molecule has 4 nitrogen and oxygen atoms in total. The SMILES string of the molecule is COc1ccc(C(=O)CN(C)CC(C)O)cc1Br. The fourth-order valence-electron chi connectivity index (χ4n) is 1.69. The second-order valence-electron chi connectivity index (χ2n) is 4.32. The van der Waals surface area contributed by atoms with Gasteiger partial charge in [0, 0.05) is 12.1 Å². The summed E-state index contributed by atoms with van der Waals surface area (Å²) in [6, 6.07) is 5.24. The summed E-state index contributed by atoms with van der Waals surface area (Å²) in [5.74, 6) is 0.713. The Labute approximate surface area is 116 Å². The van der Waals surface area contributed by atoms with Gasteiger partial charge >= 0.3 is 0 Å². The van der Waals surface area contributed by atoms with E-state index in [1.165, 1.54) is 0 Å². The second kappa shape index (κ2) is 6.87. The lowest BCUT2D eigenvalue weighted by Gasteiger charge is -2.17. The molecule has 1 N–H and O–H groups in total. The molecular weight excluding hydrogens is 298 g/mol. The number of ether oxygens (including phenoxy) is 1. The van der Waals surface area contributed by atoms with E-state index in [-0.39, 0.29) is 12.3 Å². The molecule has 0 saturated carbocycles. The number of ketones is 1. The second-order valence-corrected chi connectivity index (χ2v) is 5.17. The molecular formula is C13H18BrNO3. The van der Waals surface area contributed by atoms with Crippen molar-refractivity contribution in [2.75, 3.05) is 27.2 Å². The van der Waals surface area contributed by atoms with Gasteiger partial charge < -0.3 is 9.84 Å². The fourth-order valence-corrected chi connectivity index (χ4v) is 2.23. The minimum Gasteiger partial charge on any atom is -0.496 e. The number of halogens is 1. The molecule has 100 valence electrons. The van der Waals surface area contributed by atoms with E-state index in [0.717, 1.165) is 4.47 Å². The number of hydrogen-bond acceptors (Lipinski definition) is 4. The van der Waals surface area contributed by atoms with E-state index in [2.05, 4.69) is 15.9 Å². The Morgan fingerprint density at radius 1 is 1.56 bits per heavy atom. The molecule has 0 aromatic heterocycles. The van der Waals surface area contributed by atoms with E-state index in [1.54, 1.807) is 37.1 Å². The van der Waals surface area contributed by atoms with E-state index >= 15 is 0 Å². The van der Waals surface area contributed by atoms with Crippen LogP contribution in [0.3, 0.4) is 0 Å². The number of rotatable bonds is 6. The Hall–Kier alpha value is -0.910. The van der Waals surface area contributed by atoms with E-state index in [0.29, 0.717) is 17.9 Å². The average molecular weight is 316 g/mol. The molecule has 0 saturated heterocycles. The van der Waals surface area contributed by atoms with Crippen LogP contribution >= 0.6 is 15.9 Å². The van der Waals surface area contributed by atoms with E-state index < -0.39 is 6.10 Å². The number of hydrogen-bond donors (Lipinski definition) is 1. The first-order valence-corrected chi connectivity index (χ1v) is 6.46. The lowest BCUT2D eigenvalue weighted by molar-refractivity contribution is 0.0901. The van der Waals surface area contributed by atoms with Gasteiger partial charge in [-0.2, -0.15) is 0 Å². The van der Waals surface area contributed by atoms with Crippen molar-refractivity contribution in [1.29, 1.82) is 0 Å². The highest BCUT2D eigenvalue weighted by Gasteiger charge is 2.12. The van der Waals surface area contributed by atoms with Crippen LogP contribution in [0.4, 0.5) is 0 Å². The Balaban J connectivity index is 2.70. The number of carbonyl (C=O) groups is 1. The largest absolute Gasteiger partial charge is 0.496 e. The highest BCUT2D eigenvalue weighted by atomic mass is 79.9. The Morgan fingerprint density at radius 2 is 2.22 bits per heavy atom. The van der Waals surface area contributed by atoms with Crippen LogP contribution in [0.25, 0.3) is 0 Å². The third kappa shape index (κ3) is 4.40. The topological polar surface area (TPSA) is 49.8 Å². The van der Waals surface area contributed by atoms with Crippen molar-refractivity contribution < 1.29 is 14.6 Å². The van der Waals surface area contributed by atoms with Crippen LogP contribution in [0.1, 0.15) is 17.3 Å². The number of aliphatic hydroxyl groups excluding tert-OH is 1. The summed E-state index contributed by atoms with van der Waals surface area (Å²) in [5, 5.41) is 9.24. The van der Waals surface area contributed by atoms with Crippen LogP contribution < -0.4 is 4.74 Å². The van der Waals surface area contributed by atoms with Gasteiger partial charge in [-0.1, -0.05) is 0 Å². The molecule has 0 spiro atoms. The van der Waals surface area contributed by atoms with Crippen molar-refractivity contribution in [3.8, 4) is 5.75 Å². The van der Waals surface area contributed by atoms with Crippen molar-refractivity contribution in [3.63, 3.8) is 0 Å². The predicted octanol–water partition coefficient (Wildman–Crippen LogP) is 1.95. The Kier molecular flexibility index (Phi) is 5.78. The lowest BCUT2D eigenvalue weighted by atomic mass is 10.1. The molecule has 1 rings (SSSR count). The predicted molar refractivity (Wildman–Crippen MR) is 74.2 cm³/mol. The molecule has 0 aliphatic rings. The maximum absolute atomic E-state index is 12.0. The molecule has 0 amide bonds. The van der Waals surface area contributed by atoms with Gasteiger partial charge in [0.25, 0.3) is 0 Å². The quantitative estimate of drug-likeness (QED) is 0.815. The van der Waals surface area contributed by atoms with Crippen LogP contribution in [0.5, 0.6) is 5.75 Å². The fraction of sp³-hybridized carbons (Fsp3) is 0.462. The number of benzene rings is 1. The maximum Gasteiger partial charge on any atom is 0.176 e. The summed E-state index contributed by atoms with van der Waals surface area (Å²) < 4.78 is 5.87. The zero-order valence-corrected chi connectivity index (χ0v) is 12.4. The highest BCUT2D eigenvalue weighted by Crippen LogP contribution is 2.25. The summed E-state index contributed by atoms with van der Waals surface area (Å²) in [5.41, 5.74) is 0.625. The molecule has 1 atom stereocenters. The molecule has 18 heavy (non-hydrogen) atoms. The highest BCUT2D eigenvalue weighted by molar-refractivity contribution is 9.10.